The number of rotatable bonds is 3. The summed E-state index contributed by atoms with van der Waals surface area (Å²) in [6, 6.07) is 10.2. The molecule has 0 saturated carbocycles. The minimum Gasteiger partial charge on any atom is -0.392 e. The summed E-state index contributed by atoms with van der Waals surface area (Å²) >= 11 is 0. The fourth-order valence-corrected chi connectivity index (χ4v) is 2.13. The van der Waals surface area contributed by atoms with Crippen LogP contribution in [0.15, 0.2) is 42.5 Å². The number of aliphatic hydroxyl groups excluding tert-OH is 1. The molecule has 0 saturated heterocycles. The van der Waals surface area contributed by atoms with E-state index in [-0.39, 0.29) is 13.2 Å². The lowest BCUT2D eigenvalue weighted by Gasteiger charge is -2.13. The second-order valence-corrected chi connectivity index (χ2v) is 4.38. The Morgan fingerprint density at radius 2 is 1.65 bits per heavy atom. The van der Waals surface area contributed by atoms with Gasteiger partial charge in [-0.15, -0.1) is 0 Å². The maximum absolute atomic E-state index is 12.5. The molecule has 0 aliphatic carbocycles. The van der Waals surface area contributed by atoms with Gasteiger partial charge in [0, 0.05) is 6.54 Å². The molecule has 0 heterocycles. The number of hydrogen-bond acceptors (Lipinski definition) is 2. The third-order valence-electron chi connectivity index (χ3n) is 3.17. The quantitative estimate of drug-likeness (QED) is 0.906. The maximum Gasteiger partial charge on any atom is 0.416 e. The molecule has 2 aromatic rings. The number of hydrogen-bond donors (Lipinski definition) is 2. The zero-order valence-electron chi connectivity index (χ0n) is 10.6. The third-order valence-corrected chi connectivity index (χ3v) is 3.17. The van der Waals surface area contributed by atoms with Crippen LogP contribution in [0.3, 0.4) is 0 Å². The fourth-order valence-electron chi connectivity index (χ4n) is 2.13. The van der Waals surface area contributed by atoms with Gasteiger partial charge >= 0.3 is 6.18 Å². The lowest BCUT2D eigenvalue weighted by atomic mass is 9.95. The average Bonchev–Trinajstić information content (AvgIpc) is 2.45. The van der Waals surface area contributed by atoms with E-state index in [1.54, 1.807) is 18.2 Å². The smallest absolute Gasteiger partial charge is 0.392 e. The number of halogens is 3. The Hall–Kier alpha value is -1.85. The summed E-state index contributed by atoms with van der Waals surface area (Å²) in [6.07, 6.45) is -4.35. The van der Waals surface area contributed by atoms with Crippen molar-refractivity contribution in [2.75, 3.05) is 0 Å². The van der Waals surface area contributed by atoms with Crippen LogP contribution in [-0.4, -0.2) is 5.11 Å². The molecule has 3 N–H and O–H groups in total. The molecule has 20 heavy (non-hydrogen) atoms. The predicted molar refractivity (Wildman–Crippen MR) is 70.7 cm³/mol. The molecule has 0 radical (unpaired) electrons. The van der Waals surface area contributed by atoms with Gasteiger partial charge in [0.1, 0.15) is 0 Å². The molecule has 0 unspecified atom stereocenters. The van der Waals surface area contributed by atoms with E-state index in [0.29, 0.717) is 11.1 Å². The fraction of sp³-hybridized carbons (Fsp3) is 0.200. The summed E-state index contributed by atoms with van der Waals surface area (Å²) in [4.78, 5) is 0. The van der Waals surface area contributed by atoms with Gasteiger partial charge in [-0.3, -0.25) is 0 Å². The zero-order chi connectivity index (χ0) is 14.8. The number of benzene rings is 2. The van der Waals surface area contributed by atoms with E-state index in [1.165, 1.54) is 12.1 Å². The third kappa shape index (κ3) is 2.84. The number of alkyl halides is 3. The molecule has 0 atom stereocenters. The topological polar surface area (TPSA) is 46.2 Å². The highest BCUT2D eigenvalue weighted by atomic mass is 19.4. The van der Waals surface area contributed by atoms with E-state index in [9.17, 15) is 18.3 Å². The molecule has 106 valence electrons. The van der Waals surface area contributed by atoms with Gasteiger partial charge in [-0.2, -0.15) is 13.2 Å². The van der Waals surface area contributed by atoms with Gasteiger partial charge in [0.2, 0.25) is 0 Å². The predicted octanol–water partition coefficient (Wildman–Crippen LogP) is 3.32. The lowest BCUT2D eigenvalue weighted by molar-refractivity contribution is -0.137. The van der Waals surface area contributed by atoms with Gasteiger partial charge in [-0.05, 0) is 34.4 Å². The summed E-state index contributed by atoms with van der Waals surface area (Å²) in [5.74, 6) is 0. The van der Waals surface area contributed by atoms with Crippen molar-refractivity contribution in [3.8, 4) is 11.1 Å². The van der Waals surface area contributed by atoms with Crippen molar-refractivity contribution in [2.24, 2.45) is 5.73 Å². The molecule has 2 nitrogen and oxygen atoms in total. The number of aliphatic hydroxyl groups is 1. The first-order chi connectivity index (χ1) is 9.47. The molecule has 0 aliphatic rings. The van der Waals surface area contributed by atoms with E-state index < -0.39 is 11.7 Å². The Kier molecular flexibility index (Phi) is 4.11. The summed E-state index contributed by atoms with van der Waals surface area (Å²) in [5.41, 5.74) is 7.81. The van der Waals surface area contributed by atoms with Crippen molar-refractivity contribution in [1.82, 2.24) is 0 Å². The zero-order valence-corrected chi connectivity index (χ0v) is 10.6. The van der Waals surface area contributed by atoms with E-state index in [0.717, 1.165) is 23.3 Å². The molecule has 0 aromatic heterocycles. The highest BCUT2D eigenvalue weighted by Gasteiger charge is 2.30. The second kappa shape index (κ2) is 5.64. The molecule has 5 heteroatoms. The summed E-state index contributed by atoms with van der Waals surface area (Å²) in [7, 11) is 0. The van der Waals surface area contributed by atoms with Crippen LogP contribution in [-0.2, 0) is 19.3 Å². The van der Waals surface area contributed by atoms with Crippen LogP contribution < -0.4 is 5.73 Å². The highest BCUT2D eigenvalue weighted by molar-refractivity contribution is 5.69. The molecule has 2 rings (SSSR count). The van der Waals surface area contributed by atoms with Crippen LogP contribution in [0.25, 0.3) is 11.1 Å². The molecule has 0 spiro atoms. The van der Waals surface area contributed by atoms with Crippen molar-refractivity contribution in [3.63, 3.8) is 0 Å². The van der Waals surface area contributed by atoms with Crippen LogP contribution in [0, 0.1) is 0 Å². The van der Waals surface area contributed by atoms with Gasteiger partial charge in [-0.1, -0.05) is 30.3 Å². The van der Waals surface area contributed by atoms with Crippen molar-refractivity contribution in [3.05, 3.63) is 59.2 Å². The Balaban J connectivity index is 2.47. The van der Waals surface area contributed by atoms with Gasteiger partial charge < -0.3 is 10.8 Å². The number of nitrogens with two attached hydrogens (primary N) is 1. The monoisotopic (exact) mass is 281 g/mol. The SMILES string of the molecule is NCc1c(CO)cccc1-c1ccc(C(F)(F)F)cc1. The van der Waals surface area contributed by atoms with Gasteiger partial charge in [0.05, 0.1) is 12.2 Å². The second-order valence-electron chi connectivity index (χ2n) is 4.38. The molecular weight excluding hydrogens is 267 g/mol. The van der Waals surface area contributed by atoms with Crippen molar-refractivity contribution >= 4 is 0 Å². The molecule has 2 aromatic carbocycles. The Bertz CT molecular complexity index is 591. The molecule has 0 aliphatic heterocycles. The largest absolute Gasteiger partial charge is 0.416 e. The van der Waals surface area contributed by atoms with Crippen molar-refractivity contribution in [1.29, 1.82) is 0 Å². The van der Waals surface area contributed by atoms with Crippen LogP contribution in [0.1, 0.15) is 16.7 Å². The highest BCUT2D eigenvalue weighted by Crippen LogP contribution is 2.32. The van der Waals surface area contributed by atoms with Gasteiger partial charge in [-0.25, -0.2) is 0 Å². The van der Waals surface area contributed by atoms with E-state index in [2.05, 4.69) is 0 Å². The first-order valence-electron chi connectivity index (χ1n) is 6.06. The van der Waals surface area contributed by atoms with Crippen LogP contribution >= 0.6 is 0 Å². The summed E-state index contributed by atoms with van der Waals surface area (Å²) < 4.78 is 37.6. The van der Waals surface area contributed by atoms with Crippen LogP contribution in [0.4, 0.5) is 13.2 Å². The molecular formula is C15H14F3NO. The molecule has 0 fully saturated rings. The van der Waals surface area contributed by atoms with Crippen molar-refractivity contribution in [2.45, 2.75) is 19.3 Å². The normalized spacial score (nSPS) is 11.7. The van der Waals surface area contributed by atoms with E-state index in [1.807, 2.05) is 0 Å². The van der Waals surface area contributed by atoms with Gasteiger partial charge in [0.25, 0.3) is 0 Å². The Morgan fingerprint density at radius 3 is 2.15 bits per heavy atom. The Morgan fingerprint density at radius 1 is 1.00 bits per heavy atom. The summed E-state index contributed by atoms with van der Waals surface area (Å²) in [5, 5.41) is 9.27. The van der Waals surface area contributed by atoms with E-state index in [4.69, 9.17) is 5.73 Å². The first kappa shape index (κ1) is 14.6. The minimum absolute atomic E-state index is 0.152. The molecule has 0 bridgehead atoms. The van der Waals surface area contributed by atoms with Crippen molar-refractivity contribution < 1.29 is 18.3 Å². The van der Waals surface area contributed by atoms with E-state index >= 15 is 0 Å². The lowest BCUT2D eigenvalue weighted by Crippen LogP contribution is -2.05. The molecule has 0 amide bonds. The summed E-state index contributed by atoms with van der Waals surface area (Å²) in [6.45, 7) is 0.0636. The van der Waals surface area contributed by atoms with Gasteiger partial charge in [0.15, 0.2) is 0 Å². The minimum atomic E-state index is -4.35. The maximum atomic E-state index is 12.5. The Labute approximate surface area is 114 Å². The van der Waals surface area contributed by atoms with Crippen LogP contribution in [0.5, 0.6) is 0 Å². The first-order valence-corrected chi connectivity index (χ1v) is 6.06. The standard InChI is InChI=1S/C15H14F3NO/c16-15(17,18)12-6-4-10(5-7-12)13-3-1-2-11(9-20)14(13)8-19/h1-7,20H,8-9,19H2. The van der Waals surface area contributed by atoms with Crippen LogP contribution in [0.2, 0.25) is 0 Å². The average molecular weight is 281 g/mol.